The van der Waals surface area contributed by atoms with Crippen molar-refractivity contribution in [3.63, 3.8) is 0 Å². The summed E-state index contributed by atoms with van der Waals surface area (Å²) in [6.45, 7) is 0. The number of nitrogens with zero attached hydrogens (tertiary/aromatic N) is 1. The molecule has 7 heavy (non-hydrogen) atoms. The zero-order valence-electron chi connectivity index (χ0n) is 4.26. The summed E-state index contributed by atoms with van der Waals surface area (Å²) >= 11 is 0.597. The SMILES string of the molecule is [SnH3][c]1ccccn1. The Bertz CT molecular complexity index is 138. The minimum atomic E-state index is 0.597. The standard InChI is InChI=1S/C5H4N.Sn.3H/c1-2-4-6-5-3-1;;;;/h1-4H;;;;. The summed E-state index contributed by atoms with van der Waals surface area (Å²) in [5, 5.41) is 0. The molecule has 0 aliphatic carbocycles. The first-order valence-electron chi connectivity index (χ1n) is 2.27. The van der Waals surface area contributed by atoms with Gasteiger partial charge in [-0.1, -0.05) is 0 Å². The van der Waals surface area contributed by atoms with Crippen molar-refractivity contribution in [1.82, 2.24) is 4.98 Å². The van der Waals surface area contributed by atoms with Crippen LogP contribution in [0.25, 0.3) is 0 Å². The molecule has 0 aliphatic rings. The second-order valence-corrected chi connectivity index (χ2v) is 4.40. The van der Waals surface area contributed by atoms with Crippen molar-refractivity contribution < 1.29 is 0 Å². The number of aromatic nitrogens is 1. The van der Waals surface area contributed by atoms with Crippen LogP contribution in [0.2, 0.25) is 0 Å². The molecule has 1 nitrogen and oxygen atoms in total. The fourth-order valence-corrected chi connectivity index (χ4v) is 1.42. The fraction of sp³-hybridized carbons (Fsp3) is 0. The van der Waals surface area contributed by atoms with Gasteiger partial charge < -0.3 is 0 Å². The van der Waals surface area contributed by atoms with E-state index in [1.807, 2.05) is 18.3 Å². The Kier molecular flexibility index (Phi) is 1.68. The molecule has 0 radical (unpaired) electrons. The number of hydrogen-bond donors (Lipinski definition) is 0. The second-order valence-electron chi connectivity index (χ2n) is 1.47. The van der Waals surface area contributed by atoms with Gasteiger partial charge in [-0.05, 0) is 0 Å². The van der Waals surface area contributed by atoms with Crippen LogP contribution in [0.4, 0.5) is 0 Å². The summed E-state index contributed by atoms with van der Waals surface area (Å²) in [4.78, 5) is 4.07. The van der Waals surface area contributed by atoms with E-state index in [1.165, 1.54) is 3.71 Å². The van der Waals surface area contributed by atoms with Crippen LogP contribution in [0.15, 0.2) is 24.4 Å². The predicted octanol–water partition coefficient (Wildman–Crippen LogP) is -0.928. The number of pyridine rings is 1. The van der Waals surface area contributed by atoms with Crippen LogP contribution in [0.3, 0.4) is 0 Å². The van der Waals surface area contributed by atoms with Gasteiger partial charge in [-0.2, -0.15) is 0 Å². The first kappa shape index (κ1) is 5.09. The minimum absolute atomic E-state index is 0.597. The van der Waals surface area contributed by atoms with Crippen LogP contribution in [0.5, 0.6) is 0 Å². The summed E-state index contributed by atoms with van der Waals surface area (Å²) in [6, 6.07) is 6.04. The molecule has 1 aromatic rings. The van der Waals surface area contributed by atoms with Crippen LogP contribution < -0.4 is 3.71 Å². The Morgan fingerprint density at radius 2 is 2.29 bits per heavy atom. The molecule has 1 heterocycles. The summed E-state index contributed by atoms with van der Waals surface area (Å²) in [6.07, 6.45) is 1.84. The first-order valence-corrected chi connectivity index (χ1v) is 5.12. The van der Waals surface area contributed by atoms with Crippen molar-refractivity contribution in [2.75, 3.05) is 0 Å². The molecule has 1 aromatic heterocycles. The maximum atomic E-state index is 4.07. The number of hydrogen-bond acceptors (Lipinski definition) is 1. The van der Waals surface area contributed by atoms with Gasteiger partial charge >= 0.3 is 55.6 Å². The molecule has 2 heteroatoms. The Morgan fingerprint density at radius 3 is 2.57 bits per heavy atom. The molecule has 0 aromatic carbocycles. The third-order valence-electron chi connectivity index (χ3n) is 0.813. The molecule has 1 rings (SSSR count). The van der Waals surface area contributed by atoms with E-state index in [9.17, 15) is 0 Å². The van der Waals surface area contributed by atoms with E-state index in [2.05, 4.69) is 11.1 Å². The topological polar surface area (TPSA) is 12.9 Å². The van der Waals surface area contributed by atoms with Gasteiger partial charge in [-0.3, -0.25) is 0 Å². The monoisotopic (exact) mass is 201 g/mol. The third kappa shape index (κ3) is 1.47. The van der Waals surface area contributed by atoms with Crippen LogP contribution in [0.1, 0.15) is 0 Å². The summed E-state index contributed by atoms with van der Waals surface area (Å²) in [5.74, 6) is 0. The molecule has 0 spiro atoms. The molecule has 0 aliphatic heterocycles. The van der Waals surface area contributed by atoms with E-state index >= 15 is 0 Å². The fourth-order valence-electron chi connectivity index (χ4n) is 0.448. The van der Waals surface area contributed by atoms with E-state index < -0.39 is 0 Å². The average Bonchev–Trinajstić information content (AvgIpc) is 1.69. The molecule has 0 atom stereocenters. The van der Waals surface area contributed by atoms with Crippen LogP contribution in [0, 0.1) is 0 Å². The van der Waals surface area contributed by atoms with Gasteiger partial charge in [0.1, 0.15) is 0 Å². The summed E-state index contributed by atoms with van der Waals surface area (Å²) in [7, 11) is 0. The maximum absolute atomic E-state index is 4.07. The molecular weight excluding hydrogens is 193 g/mol. The Hall–Kier alpha value is -0.0513. The van der Waals surface area contributed by atoms with E-state index in [1.54, 1.807) is 0 Å². The van der Waals surface area contributed by atoms with Gasteiger partial charge in [-0.25, -0.2) is 0 Å². The Balaban J connectivity index is 3.02. The Morgan fingerprint density at radius 1 is 1.43 bits per heavy atom. The van der Waals surface area contributed by atoms with Crippen molar-refractivity contribution in [3.05, 3.63) is 24.4 Å². The summed E-state index contributed by atoms with van der Waals surface area (Å²) < 4.78 is 1.28. The quantitative estimate of drug-likeness (QED) is 0.493. The van der Waals surface area contributed by atoms with Gasteiger partial charge in [0, 0.05) is 0 Å². The molecule has 36 valence electrons. The number of rotatable bonds is 0. The molecule has 0 bridgehead atoms. The van der Waals surface area contributed by atoms with Gasteiger partial charge in [0.2, 0.25) is 0 Å². The van der Waals surface area contributed by atoms with Gasteiger partial charge in [0.25, 0.3) is 0 Å². The molecule has 0 fully saturated rings. The molecule has 0 saturated carbocycles. The molecular formula is C5H7NSn. The van der Waals surface area contributed by atoms with Crippen molar-refractivity contribution in [2.45, 2.75) is 0 Å². The van der Waals surface area contributed by atoms with Gasteiger partial charge in [-0.15, -0.1) is 0 Å². The van der Waals surface area contributed by atoms with E-state index in [0.29, 0.717) is 22.5 Å². The van der Waals surface area contributed by atoms with Crippen LogP contribution >= 0.6 is 0 Å². The molecule has 0 unspecified atom stereocenters. The van der Waals surface area contributed by atoms with Crippen LogP contribution in [-0.2, 0) is 0 Å². The van der Waals surface area contributed by atoms with Crippen molar-refractivity contribution in [3.8, 4) is 0 Å². The third-order valence-corrected chi connectivity index (χ3v) is 2.50. The van der Waals surface area contributed by atoms with Crippen LogP contribution in [-0.4, -0.2) is 27.5 Å². The van der Waals surface area contributed by atoms with E-state index in [0.717, 1.165) is 0 Å². The van der Waals surface area contributed by atoms with E-state index in [-0.39, 0.29) is 0 Å². The predicted molar refractivity (Wildman–Crippen MR) is 33.8 cm³/mol. The average molecular weight is 200 g/mol. The molecule has 0 N–H and O–H groups in total. The van der Waals surface area contributed by atoms with Crippen molar-refractivity contribution in [2.24, 2.45) is 0 Å². The zero-order valence-corrected chi connectivity index (χ0v) is 9.96. The molecule has 0 amide bonds. The van der Waals surface area contributed by atoms with Crippen molar-refractivity contribution >= 4 is 26.2 Å². The first-order chi connectivity index (χ1) is 3.39. The van der Waals surface area contributed by atoms with Crippen molar-refractivity contribution in [1.29, 1.82) is 0 Å². The normalized spacial score (nSPS) is 9.14. The zero-order chi connectivity index (χ0) is 5.11. The second kappa shape index (κ2) is 2.31. The Labute approximate surface area is 55.9 Å². The molecule has 0 saturated heterocycles. The van der Waals surface area contributed by atoms with E-state index in [4.69, 9.17) is 0 Å². The van der Waals surface area contributed by atoms with Gasteiger partial charge in [0.15, 0.2) is 0 Å². The summed E-state index contributed by atoms with van der Waals surface area (Å²) in [5.41, 5.74) is 0. The van der Waals surface area contributed by atoms with Gasteiger partial charge in [0.05, 0.1) is 0 Å².